The summed E-state index contributed by atoms with van der Waals surface area (Å²) in [5.41, 5.74) is 1.33. The van der Waals surface area contributed by atoms with Crippen molar-refractivity contribution in [1.29, 1.82) is 0 Å². The number of rotatable bonds is 7. The summed E-state index contributed by atoms with van der Waals surface area (Å²) in [6, 6.07) is 13.9. The number of ether oxygens (including phenoxy) is 1. The zero-order valence-corrected chi connectivity index (χ0v) is 13.4. The Labute approximate surface area is 135 Å². The average Bonchev–Trinajstić information content (AvgIpc) is 2.51. The minimum atomic E-state index is -0.237. The monoisotopic (exact) mass is 317 g/mol. The van der Waals surface area contributed by atoms with Gasteiger partial charge in [0.15, 0.2) is 6.54 Å². The molecule has 2 aromatic rings. The van der Waals surface area contributed by atoms with Gasteiger partial charge in [0.1, 0.15) is 18.1 Å². The second-order valence-electron chi connectivity index (χ2n) is 5.41. The lowest BCUT2D eigenvalue weighted by molar-refractivity contribution is -0.885. The minimum absolute atomic E-state index is 0.108. The first-order valence-electron chi connectivity index (χ1n) is 7.66. The van der Waals surface area contributed by atoms with Crippen LogP contribution in [0.4, 0.5) is 10.1 Å². The van der Waals surface area contributed by atoms with Crippen molar-refractivity contribution < 1.29 is 18.8 Å². The number of benzene rings is 2. The molecule has 122 valence electrons. The van der Waals surface area contributed by atoms with Gasteiger partial charge in [0.2, 0.25) is 0 Å². The maximum Gasteiger partial charge on any atom is 0.279 e. The van der Waals surface area contributed by atoms with Gasteiger partial charge in [-0.15, -0.1) is 0 Å². The first kappa shape index (κ1) is 17.0. The second kappa shape index (κ2) is 8.29. The van der Waals surface area contributed by atoms with Crippen LogP contribution in [0.1, 0.15) is 12.5 Å². The van der Waals surface area contributed by atoms with Crippen molar-refractivity contribution in [3.8, 4) is 5.75 Å². The van der Waals surface area contributed by atoms with Crippen LogP contribution >= 0.6 is 0 Å². The number of nitrogens with one attached hydrogen (secondary N) is 2. The molecule has 23 heavy (non-hydrogen) atoms. The van der Waals surface area contributed by atoms with E-state index in [4.69, 9.17) is 4.74 Å². The molecule has 0 aromatic heterocycles. The molecule has 0 bridgehead atoms. The molecule has 2 rings (SSSR count). The van der Waals surface area contributed by atoms with E-state index >= 15 is 0 Å². The molecular weight excluding hydrogens is 295 g/mol. The average molecular weight is 317 g/mol. The van der Waals surface area contributed by atoms with E-state index in [1.165, 1.54) is 6.07 Å². The predicted octanol–water partition coefficient (Wildman–Crippen LogP) is 1.88. The van der Waals surface area contributed by atoms with E-state index in [1.54, 1.807) is 30.3 Å². The summed E-state index contributed by atoms with van der Waals surface area (Å²) in [5, 5.41) is 2.83. The maximum atomic E-state index is 13.6. The molecule has 2 aromatic carbocycles. The van der Waals surface area contributed by atoms with Crippen molar-refractivity contribution in [3.05, 3.63) is 59.9 Å². The van der Waals surface area contributed by atoms with Gasteiger partial charge in [-0.1, -0.05) is 18.2 Å². The molecule has 0 aliphatic rings. The number of anilines is 1. The molecule has 4 nitrogen and oxygen atoms in total. The van der Waals surface area contributed by atoms with Gasteiger partial charge in [-0.05, 0) is 37.3 Å². The van der Waals surface area contributed by atoms with E-state index < -0.39 is 0 Å². The third kappa shape index (κ3) is 5.38. The lowest BCUT2D eigenvalue weighted by Gasteiger charge is -2.14. The van der Waals surface area contributed by atoms with Crippen LogP contribution in [0, 0.1) is 5.82 Å². The summed E-state index contributed by atoms with van der Waals surface area (Å²) in [7, 11) is 1.87. The van der Waals surface area contributed by atoms with Crippen LogP contribution in [-0.2, 0) is 11.3 Å². The Morgan fingerprint density at radius 2 is 1.87 bits per heavy atom. The van der Waals surface area contributed by atoms with Crippen molar-refractivity contribution in [2.75, 3.05) is 25.5 Å². The molecular formula is C18H22FN2O2+. The van der Waals surface area contributed by atoms with Crippen molar-refractivity contribution in [2.45, 2.75) is 13.5 Å². The van der Waals surface area contributed by atoms with E-state index in [2.05, 4.69) is 5.32 Å². The van der Waals surface area contributed by atoms with Crippen LogP contribution in [0.5, 0.6) is 5.75 Å². The number of hydrogen-bond donors (Lipinski definition) is 2. The molecule has 1 unspecified atom stereocenters. The Hall–Kier alpha value is -2.40. The van der Waals surface area contributed by atoms with Gasteiger partial charge in [-0.2, -0.15) is 0 Å². The van der Waals surface area contributed by atoms with Gasteiger partial charge in [-0.3, -0.25) is 4.79 Å². The molecule has 0 spiro atoms. The van der Waals surface area contributed by atoms with Crippen molar-refractivity contribution >= 4 is 11.6 Å². The third-order valence-corrected chi connectivity index (χ3v) is 3.36. The van der Waals surface area contributed by atoms with Gasteiger partial charge >= 0.3 is 0 Å². The SMILES string of the molecule is CCOc1ccc(NC(=O)C[NH+](C)Cc2ccccc2F)cc1. The van der Waals surface area contributed by atoms with Gasteiger partial charge in [0.05, 0.1) is 13.7 Å². The molecule has 1 amide bonds. The van der Waals surface area contributed by atoms with Gasteiger partial charge in [-0.25, -0.2) is 4.39 Å². The molecule has 0 heterocycles. The number of likely N-dealkylation sites (N-methyl/N-ethyl adjacent to an activating group) is 1. The molecule has 0 saturated heterocycles. The highest BCUT2D eigenvalue weighted by Crippen LogP contribution is 2.15. The third-order valence-electron chi connectivity index (χ3n) is 3.36. The van der Waals surface area contributed by atoms with Crippen LogP contribution in [0.15, 0.2) is 48.5 Å². The fourth-order valence-corrected chi connectivity index (χ4v) is 2.31. The summed E-state index contributed by atoms with van der Waals surface area (Å²) in [5.74, 6) is 0.426. The Kier molecular flexibility index (Phi) is 6.11. The fourth-order valence-electron chi connectivity index (χ4n) is 2.31. The number of amides is 1. The Balaban J connectivity index is 1.85. The molecule has 0 aliphatic carbocycles. The molecule has 0 radical (unpaired) electrons. The summed E-state index contributed by atoms with van der Waals surface area (Å²) < 4.78 is 19.0. The number of carbonyl (C=O) groups excluding carboxylic acids is 1. The Morgan fingerprint density at radius 3 is 2.52 bits per heavy atom. The van der Waals surface area contributed by atoms with E-state index in [-0.39, 0.29) is 18.3 Å². The minimum Gasteiger partial charge on any atom is -0.494 e. The van der Waals surface area contributed by atoms with Crippen molar-refractivity contribution in [3.63, 3.8) is 0 Å². The highest BCUT2D eigenvalue weighted by molar-refractivity contribution is 5.91. The number of quaternary nitrogens is 1. The summed E-state index contributed by atoms with van der Waals surface area (Å²) in [4.78, 5) is 13.0. The molecule has 0 saturated carbocycles. The number of hydrogen-bond acceptors (Lipinski definition) is 2. The molecule has 5 heteroatoms. The van der Waals surface area contributed by atoms with E-state index in [9.17, 15) is 9.18 Å². The Morgan fingerprint density at radius 1 is 1.17 bits per heavy atom. The van der Waals surface area contributed by atoms with Gasteiger partial charge in [0.25, 0.3) is 5.91 Å². The van der Waals surface area contributed by atoms with Crippen molar-refractivity contribution in [2.24, 2.45) is 0 Å². The van der Waals surface area contributed by atoms with E-state index in [0.717, 1.165) is 16.3 Å². The second-order valence-corrected chi connectivity index (χ2v) is 5.41. The molecule has 0 fully saturated rings. The standard InChI is InChI=1S/C18H21FN2O2/c1-3-23-16-10-8-15(9-11-16)20-18(22)13-21(2)12-14-6-4-5-7-17(14)19/h4-11H,3,12-13H2,1-2H3,(H,20,22)/p+1. The Bertz CT molecular complexity index is 644. The molecule has 0 aliphatic heterocycles. The normalized spacial score (nSPS) is 11.8. The quantitative estimate of drug-likeness (QED) is 0.819. The van der Waals surface area contributed by atoms with Crippen LogP contribution < -0.4 is 15.0 Å². The smallest absolute Gasteiger partial charge is 0.279 e. The van der Waals surface area contributed by atoms with Crippen molar-refractivity contribution in [1.82, 2.24) is 0 Å². The van der Waals surface area contributed by atoms with E-state index in [0.29, 0.717) is 18.7 Å². The summed E-state index contributed by atoms with van der Waals surface area (Å²) in [6.45, 7) is 3.25. The number of halogens is 1. The first-order valence-corrected chi connectivity index (χ1v) is 7.66. The fraction of sp³-hybridized carbons (Fsp3) is 0.278. The van der Waals surface area contributed by atoms with E-state index in [1.807, 2.05) is 26.1 Å². The topological polar surface area (TPSA) is 42.8 Å². The number of carbonyl (C=O) groups is 1. The summed E-state index contributed by atoms with van der Waals surface area (Å²) >= 11 is 0. The lowest BCUT2D eigenvalue weighted by Crippen LogP contribution is -3.08. The molecule has 2 N–H and O–H groups in total. The van der Waals surface area contributed by atoms with Crippen LogP contribution in [0.25, 0.3) is 0 Å². The predicted molar refractivity (Wildman–Crippen MR) is 88.1 cm³/mol. The highest BCUT2D eigenvalue weighted by atomic mass is 19.1. The maximum absolute atomic E-state index is 13.6. The summed E-state index contributed by atoms with van der Waals surface area (Å²) in [6.07, 6.45) is 0. The zero-order chi connectivity index (χ0) is 16.7. The largest absolute Gasteiger partial charge is 0.494 e. The van der Waals surface area contributed by atoms with Crippen LogP contribution in [-0.4, -0.2) is 26.1 Å². The first-order chi connectivity index (χ1) is 11.1. The van der Waals surface area contributed by atoms with Gasteiger partial charge in [0, 0.05) is 11.3 Å². The highest BCUT2D eigenvalue weighted by Gasteiger charge is 2.13. The zero-order valence-electron chi connectivity index (χ0n) is 13.4. The molecule has 1 atom stereocenters. The lowest BCUT2D eigenvalue weighted by atomic mass is 10.2. The van der Waals surface area contributed by atoms with Crippen LogP contribution in [0.2, 0.25) is 0 Å². The van der Waals surface area contributed by atoms with Crippen LogP contribution in [0.3, 0.4) is 0 Å². The van der Waals surface area contributed by atoms with Gasteiger partial charge < -0.3 is 15.0 Å².